The molecule has 0 radical (unpaired) electrons. The van der Waals surface area contributed by atoms with E-state index in [0.717, 1.165) is 0 Å². The summed E-state index contributed by atoms with van der Waals surface area (Å²) in [5, 5.41) is 9.08. The topological polar surface area (TPSA) is 89.3 Å². The fourth-order valence-corrected chi connectivity index (χ4v) is 1.52. The van der Waals surface area contributed by atoms with Gasteiger partial charge in [0.05, 0.1) is 0 Å². The molecule has 0 aliphatic heterocycles. The summed E-state index contributed by atoms with van der Waals surface area (Å²) >= 11 is -1.13. The second-order valence-corrected chi connectivity index (χ2v) is 3.53. The number of hydrogen-bond acceptors (Lipinski definition) is 4. The van der Waals surface area contributed by atoms with Crippen LogP contribution in [0.25, 0.3) is 0 Å². The maximum absolute atomic E-state index is 10.4. The van der Waals surface area contributed by atoms with Crippen LogP contribution in [0.3, 0.4) is 0 Å². The quantitative estimate of drug-likeness (QED) is 0.361. The van der Waals surface area contributed by atoms with Gasteiger partial charge in [-0.1, -0.05) is 0 Å². The van der Waals surface area contributed by atoms with Gasteiger partial charge in [0.25, 0.3) is 0 Å². The standard InChI is InChI=1S/C6H7AsN2O2.ClH/c8-4-1-3(7-11)2-5(9)6(4)10;/h1-2,10H,8-9H2;1H. The van der Waals surface area contributed by atoms with Crippen LogP contribution in [0, 0.1) is 0 Å². The number of benzene rings is 1. The first-order chi connectivity index (χ1) is 5.15. The minimum absolute atomic E-state index is 0. The van der Waals surface area contributed by atoms with Gasteiger partial charge >= 0.3 is 69.6 Å². The molecule has 6 heteroatoms. The molecule has 0 spiro atoms. The molecule has 1 aromatic carbocycles. The number of aromatic hydroxyl groups is 1. The summed E-state index contributed by atoms with van der Waals surface area (Å²) in [5.41, 5.74) is 11.0. The first-order valence-electron chi connectivity index (χ1n) is 2.86. The molecule has 1 aromatic rings. The third-order valence-electron chi connectivity index (χ3n) is 1.26. The fourth-order valence-electron chi connectivity index (χ4n) is 0.716. The molecule has 0 aliphatic carbocycles. The molecule has 0 heterocycles. The molecule has 0 aromatic heterocycles. The molecule has 12 heavy (non-hydrogen) atoms. The van der Waals surface area contributed by atoms with Crippen LogP contribution >= 0.6 is 12.4 Å². The average molecular weight is 251 g/mol. The van der Waals surface area contributed by atoms with Crippen LogP contribution in [0.4, 0.5) is 11.4 Å². The number of hydrogen-bond donors (Lipinski definition) is 3. The first-order valence-corrected chi connectivity index (χ1v) is 4.57. The van der Waals surface area contributed by atoms with Gasteiger partial charge in [0.15, 0.2) is 0 Å². The number of nitrogen functional groups attached to an aromatic ring is 2. The number of rotatable bonds is 1. The van der Waals surface area contributed by atoms with E-state index in [1.165, 1.54) is 12.1 Å². The van der Waals surface area contributed by atoms with E-state index in [0.29, 0.717) is 4.35 Å². The Morgan fingerprint density at radius 3 is 2.00 bits per heavy atom. The number of phenols is 1. The van der Waals surface area contributed by atoms with Crippen molar-refractivity contribution >= 4 is 43.8 Å². The molecule has 0 bridgehead atoms. The molecule has 0 amide bonds. The monoisotopic (exact) mass is 250 g/mol. The molecule has 0 saturated heterocycles. The van der Waals surface area contributed by atoms with E-state index in [1.807, 2.05) is 0 Å². The molecule has 0 atom stereocenters. The Morgan fingerprint density at radius 2 is 1.67 bits per heavy atom. The molecule has 4 nitrogen and oxygen atoms in total. The van der Waals surface area contributed by atoms with Gasteiger partial charge in [0, 0.05) is 0 Å². The van der Waals surface area contributed by atoms with Crippen LogP contribution in [0.15, 0.2) is 12.1 Å². The predicted molar refractivity (Wildman–Crippen MR) is 50.3 cm³/mol. The summed E-state index contributed by atoms with van der Waals surface area (Å²) in [4.78, 5) is 0. The molecule has 1 rings (SSSR count). The van der Waals surface area contributed by atoms with Gasteiger partial charge in [0.1, 0.15) is 0 Å². The molecule has 0 fully saturated rings. The van der Waals surface area contributed by atoms with Gasteiger partial charge < -0.3 is 0 Å². The van der Waals surface area contributed by atoms with E-state index in [2.05, 4.69) is 0 Å². The van der Waals surface area contributed by atoms with Crippen molar-refractivity contribution in [3.8, 4) is 5.75 Å². The van der Waals surface area contributed by atoms with Crippen molar-refractivity contribution < 1.29 is 8.85 Å². The molecule has 0 saturated carbocycles. The van der Waals surface area contributed by atoms with Gasteiger partial charge in [-0.15, -0.1) is 12.4 Å². The van der Waals surface area contributed by atoms with Crippen molar-refractivity contribution in [1.29, 1.82) is 0 Å². The van der Waals surface area contributed by atoms with Crippen LogP contribution in [-0.4, -0.2) is 20.8 Å². The van der Waals surface area contributed by atoms with E-state index in [9.17, 15) is 3.74 Å². The van der Waals surface area contributed by atoms with Crippen molar-refractivity contribution in [2.75, 3.05) is 11.5 Å². The summed E-state index contributed by atoms with van der Waals surface area (Å²) in [6.45, 7) is 0. The molecule has 5 N–H and O–H groups in total. The van der Waals surface area contributed by atoms with Crippen molar-refractivity contribution in [3.63, 3.8) is 0 Å². The summed E-state index contributed by atoms with van der Waals surface area (Å²) in [7, 11) is 0. The Kier molecular flexibility index (Phi) is 4.07. The zero-order valence-corrected chi connectivity index (χ0v) is 8.71. The van der Waals surface area contributed by atoms with E-state index < -0.39 is 15.7 Å². The number of halogens is 1. The summed E-state index contributed by atoms with van der Waals surface area (Å²) in [5.74, 6) is -0.136. The Hall–Kier alpha value is -0.732. The summed E-state index contributed by atoms with van der Waals surface area (Å²) < 4.78 is 11.0. The molecule has 0 unspecified atom stereocenters. The second kappa shape index (κ2) is 4.33. The Bertz CT molecular complexity index is 283. The van der Waals surface area contributed by atoms with Crippen LogP contribution in [0.5, 0.6) is 5.75 Å². The number of anilines is 2. The number of phenolic OH excluding ortho intramolecular Hbond substituents is 1. The Labute approximate surface area is 82.3 Å². The van der Waals surface area contributed by atoms with Gasteiger partial charge in [-0.2, -0.15) is 0 Å². The Morgan fingerprint density at radius 1 is 1.25 bits per heavy atom. The third kappa shape index (κ3) is 2.12. The average Bonchev–Trinajstić information content (AvgIpc) is 1.99. The first kappa shape index (κ1) is 11.3. The van der Waals surface area contributed by atoms with E-state index >= 15 is 0 Å². The molecular weight excluding hydrogens is 242 g/mol. The Balaban J connectivity index is 0.00000121. The van der Waals surface area contributed by atoms with Gasteiger partial charge in [-0.25, -0.2) is 0 Å². The van der Waals surface area contributed by atoms with E-state index in [1.54, 1.807) is 0 Å². The predicted octanol–water partition coefficient (Wildman–Crippen LogP) is -0.347. The normalized spacial score (nSPS) is 9.33. The van der Waals surface area contributed by atoms with Crippen LogP contribution < -0.4 is 15.8 Å². The van der Waals surface area contributed by atoms with Gasteiger partial charge in [0.2, 0.25) is 0 Å². The zero-order valence-electron chi connectivity index (χ0n) is 6.02. The molecular formula is C6H8AsClN2O2. The van der Waals surface area contributed by atoms with Crippen LogP contribution in [0.1, 0.15) is 0 Å². The van der Waals surface area contributed by atoms with Gasteiger partial charge in [-0.05, 0) is 0 Å². The molecule has 66 valence electrons. The van der Waals surface area contributed by atoms with Crippen molar-refractivity contribution in [1.82, 2.24) is 0 Å². The van der Waals surface area contributed by atoms with Crippen molar-refractivity contribution in [2.45, 2.75) is 0 Å². The van der Waals surface area contributed by atoms with E-state index in [-0.39, 0.29) is 29.5 Å². The minimum atomic E-state index is -1.13. The SMILES string of the molecule is Cl.Nc1cc([As]=O)cc(N)c1O. The second-order valence-electron chi connectivity index (χ2n) is 2.06. The number of nitrogens with two attached hydrogens (primary N) is 2. The molecule has 0 aliphatic rings. The van der Waals surface area contributed by atoms with Gasteiger partial charge in [-0.3, -0.25) is 0 Å². The maximum atomic E-state index is 10.4. The fraction of sp³-hybridized carbons (Fsp3) is 0. The summed E-state index contributed by atoms with van der Waals surface area (Å²) in [6, 6.07) is 2.91. The summed E-state index contributed by atoms with van der Waals surface area (Å²) in [6.07, 6.45) is 0. The van der Waals surface area contributed by atoms with Crippen molar-refractivity contribution in [2.24, 2.45) is 0 Å². The van der Waals surface area contributed by atoms with Crippen LogP contribution in [0.2, 0.25) is 0 Å². The third-order valence-corrected chi connectivity index (χ3v) is 2.24. The van der Waals surface area contributed by atoms with Crippen molar-refractivity contribution in [3.05, 3.63) is 12.1 Å². The zero-order chi connectivity index (χ0) is 8.43. The van der Waals surface area contributed by atoms with E-state index in [4.69, 9.17) is 16.6 Å². The van der Waals surface area contributed by atoms with Crippen LogP contribution in [-0.2, 0) is 3.74 Å².